The molecule has 0 bridgehead atoms. The van der Waals surface area contributed by atoms with Crippen LogP contribution in [0.2, 0.25) is 0 Å². The number of likely N-dealkylation sites (tertiary alicyclic amines) is 1. The number of hydrogen-bond donors (Lipinski definition) is 2. The minimum Gasteiger partial charge on any atom is -0.507 e. The van der Waals surface area contributed by atoms with E-state index in [1.807, 2.05) is 43.3 Å². The standard InChI is InChI=1S/C22H22N4O3/c1-25(2)11-12-26-19(17-9-5-6-10-23-17)18(21(28)22(26)29)20(27)15-13-24-16-8-4-3-7-14(15)16/h3-10,13,19,24,27H,11-12H2,1-2H3. The Hall–Kier alpha value is -3.45. The molecule has 1 fully saturated rings. The summed E-state index contributed by atoms with van der Waals surface area (Å²) < 4.78 is 0. The van der Waals surface area contributed by atoms with Gasteiger partial charge in [-0.3, -0.25) is 14.6 Å². The Morgan fingerprint density at radius 1 is 1.17 bits per heavy atom. The highest BCUT2D eigenvalue weighted by Gasteiger charge is 2.46. The largest absolute Gasteiger partial charge is 0.507 e. The van der Waals surface area contributed by atoms with Crippen molar-refractivity contribution in [3.8, 4) is 0 Å². The minimum absolute atomic E-state index is 0.0669. The van der Waals surface area contributed by atoms with Gasteiger partial charge in [0.2, 0.25) is 0 Å². The van der Waals surface area contributed by atoms with Crippen molar-refractivity contribution in [1.82, 2.24) is 19.8 Å². The summed E-state index contributed by atoms with van der Waals surface area (Å²) in [6.45, 7) is 0.937. The second-order valence-electron chi connectivity index (χ2n) is 7.30. The summed E-state index contributed by atoms with van der Waals surface area (Å²) in [5, 5.41) is 11.9. The van der Waals surface area contributed by atoms with E-state index < -0.39 is 17.7 Å². The van der Waals surface area contributed by atoms with Gasteiger partial charge < -0.3 is 19.9 Å². The number of ketones is 1. The molecule has 4 rings (SSSR count). The van der Waals surface area contributed by atoms with E-state index in [0.29, 0.717) is 24.3 Å². The number of likely N-dealkylation sites (N-methyl/N-ethyl adjacent to an activating group) is 1. The molecule has 3 heterocycles. The SMILES string of the molecule is CN(C)CCN1C(=O)C(=O)C(=C(O)c2c[nH]c3ccccc23)C1c1ccccn1. The zero-order valence-corrected chi connectivity index (χ0v) is 16.3. The quantitative estimate of drug-likeness (QED) is 0.397. The number of H-pyrrole nitrogens is 1. The van der Waals surface area contributed by atoms with Crippen molar-refractivity contribution in [2.75, 3.05) is 27.2 Å². The fourth-order valence-electron chi connectivity index (χ4n) is 3.68. The summed E-state index contributed by atoms with van der Waals surface area (Å²) in [7, 11) is 3.80. The van der Waals surface area contributed by atoms with Crippen molar-refractivity contribution < 1.29 is 14.7 Å². The fourth-order valence-corrected chi connectivity index (χ4v) is 3.68. The molecule has 29 heavy (non-hydrogen) atoms. The molecule has 1 unspecified atom stereocenters. The van der Waals surface area contributed by atoms with Crippen LogP contribution in [0.5, 0.6) is 0 Å². The highest BCUT2D eigenvalue weighted by molar-refractivity contribution is 6.46. The number of pyridine rings is 1. The Kier molecular flexibility index (Phi) is 4.90. The first-order chi connectivity index (χ1) is 14.0. The van der Waals surface area contributed by atoms with Gasteiger partial charge in [-0.2, -0.15) is 0 Å². The molecule has 0 aliphatic carbocycles. The zero-order chi connectivity index (χ0) is 20.5. The number of aromatic amines is 1. The lowest BCUT2D eigenvalue weighted by Gasteiger charge is -2.25. The number of carbonyl (C=O) groups excluding carboxylic acids is 2. The third-order valence-electron chi connectivity index (χ3n) is 5.14. The van der Waals surface area contributed by atoms with Crippen LogP contribution in [0.15, 0.2) is 60.4 Å². The predicted octanol–water partition coefficient (Wildman–Crippen LogP) is 2.55. The van der Waals surface area contributed by atoms with Crippen LogP contribution in [0.4, 0.5) is 0 Å². The van der Waals surface area contributed by atoms with Gasteiger partial charge >= 0.3 is 0 Å². The van der Waals surface area contributed by atoms with Crippen LogP contribution in [0.3, 0.4) is 0 Å². The molecule has 3 aromatic rings. The number of Topliss-reactive ketones (excluding diaryl/α,β-unsaturated/α-hetero) is 1. The second-order valence-corrected chi connectivity index (χ2v) is 7.30. The molecule has 0 radical (unpaired) electrons. The molecule has 2 aromatic heterocycles. The van der Waals surface area contributed by atoms with Gasteiger partial charge in [0.1, 0.15) is 11.8 Å². The summed E-state index contributed by atoms with van der Waals surface area (Å²) in [4.78, 5) is 36.7. The highest BCUT2D eigenvalue weighted by Crippen LogP contribution is 2.39. The number of aliphatic hydroxyl groups excluding tert-OH is 1. The maximum atomic E-state index is 13.0. The molecule has 148 valence electrons. The molecule has 2 N–H and O–H groups in total. The van der Waals surface area contributed by atoms with Crippen molar-refractivity contribution in [3.05, 3.63) is 71.7 Å². The molecule has 1 amide bonds. The van der Waals surface area contributed by atoms with Gasteiger partial charge in [0.05, 0.1) is 11.3 Å². The molecule has 1 saturated heterocycles. The second kappa shape index (κ2) is 7.52. The van der Waals surface area contributed by atoms with Gasteiger partial charge in [0.15, 0.2) is 0 Å². The molecule has 7 heteroatoms. The Labute approximate surface area is 168 Å². The molecule has 1 atom stereocenters. The molecule has 1 aliphatic heterocycles. The summed E-state index contributed by atoms with van der Waals surface area (Å²) in [6, 6.07) is 12.1. The number of para-hydroxylation sites is 1. The topological polar surface area (TPSA) is 89.5 Å². The number of nitrogens with one attached hydrogen (secondary N) is 1. The third kappa shape index (κ3) is 3.30. The molecular formula is C22H22N4O3. The average Bonchev–Trinajstić information content (AvgIpc) is 3.26. The van der Waals surface area contributed by atoms with E-state index in [1.54, 1.807) is 30.6 Å². The normalized spacial score (nSPS) is 18.9. The first kappa shape index (κ1) is 18.9. The Balaban J connectivity index is 1.88. The van der Waals surface area contributed by atoms with E-state index in [0.717, 1.165) is 10.9 Å². The number of amides is 1. The van der Waals surface area contributed by atoms with Crippen LogP contribution in [-0.2, 0) is 9.59 Å². The lowest BCUT2D eigenvalue weighted by Crippen LogP contribution is -2.35. The smallest absolute Gasteiger partial charge is 0.295 e. The lowest BCUT2D eigenvalue weighted by molar-refractivity contribution is -0.140. The van der Waals surface area contributed by atoms with Crippen molar-refractivity contribution in [3.63, 3.8) is 0 Å². The van der Waals surface area contributed by atoms with Crippen LogP contribution in [0, 0.1) is 0 Å². The van der Waals surface area contributed by atoms with Crippen LogP contribution in [0.1, 0.15) is 17.3 Å². The minimum atomic E-state index is -0.732. The third-order valence-corrected chi connectivity index (χ3v) is 5.14. The maximum absolute atomic E-state index is 13.0. The molecule has 0 saturated carbocycles. The van der Waals surface area contributed by atoms with Crippen LogP contribution in [0.25, 0.3) is 16.7 Å². The number of fused-ring (bicyclic) bond motifs is 1. The van der Waals surface area contributed by atoms with E-state index in [-0.39, 0.29) is 11.3 Å². The Morgan fingerprint density at radius 3 is 2.66 bits per heavy atom. The number of rotatable bonds is 5. The molecular weight excluding hydrogens is 368 g/mol. The summed E-state index contributed by atoms with van der Waals surface area (Å²) >= 11 is 0. The average molecular weight is 390 g/mol. The van der Waals surface area contributed by atoms with Gasteiger partial charge in [0.25, 0.3) is 11.7 Å². The summed E-state index contributed by atoms with van der Waals surface area (Å²) in [5.41, 5.74) is 1.95. The van der Waals surface area contributed by atoms with Crippen molar-refractivity contribution >= 4 is 28.4 Å². The number of benzene rings is 1. The summed E-state index contributed by atoms with van der Waals surface area (Å²) in [5.74, 6) is -1.50. The van der Waals surface area contributed by atoms with Gasteiger partial charge in [-0.25, -0.2) is 0 Å². The van der Waals surface area contributed by atoms with E-state index >= 15 is 0 Å². The molecule has 7 nitrogen and oxygen atoms in total. The Bertz CT molecular complexity index is 1100. The van der Waals surface area contributed by atoms with Crippen molar-refractivity contribution in [2.45, 2.75) is 6.04 Å². The van der Waals surface area contributed by atoms with Gasteiger partial charge in [-0.05, 0) is 32.3 Å². The van der Waals surface area contributed by atoms with E-state index in [2.05, 4.69) is 9.97 Å². The Morgan fingerprint density at radius 2 is 1.93 bits per heavy atom. The molecule has 0 spiro atoms. The maximum Gasteiger partial charge on any atom is 0.295 e. The van der Waals surface area contributed by atoms with Crippen molar-refractivity contribution in [2.24, 2.45) is 0 Å². The highest BCUT2D eigenvalue weighted by atomic mass is 16.3. The molecule has 1 aliphatic rings. The van der Waals surface area contributed by atoms with Crippen molar-refractivity contribution in [1.29, 1.82) is 0 Å². The lowest BCUT2D eigenvalue weighted by atomic mass is 9.98. The van der Waals surface area contributed by atoms with Crippen LogP contribution >= 0.6 is 0 Å². The van der Waals surface area contributed by atoms with Gasteiger partial charge in [-0.1, -0.05) is 24.3 Å². The monoisotopic (exact) mass is 390 g/mol. The number of aromatic nitrogens is 2. The summed E-state index contributed by atoms with van der Waals surface area (Å²) in [6.07, 6.45) is 3.27. The van der Waals surface area contributed by atoms with Gasteiger partial charge in [-0.15, -0.1) is 0 Å². The number of hydrogen-bond acceptors (Lipinski definition) is 5. The van der Waals surface area contributed by atoms with E-state index in [4.69, 9.17) is 0 Å². The number of carbonyl (C=O) groups is 2. The van der Waals surface area contributed by atoms with Crippen LogP contribution < -0.4 is 0 Å². The number of aliphatic hydroxyl groups is 1. The van der Waals surface area contributed by atoms with E-state index in [1.165, 1.54) is 4.90 Å². The number of nitrogens with zero attached hydrogens (tertiary/aromatic N) is 3. The van der Waals surface area contributed by atoms with E-state index in [9.17, 15) is 14.7 Å². The zero-order valence-electron chi connectivity index (χ0n) is 16.3. The fraction of sp³-hybridized carbons (Fsp3) is 0.227. The predicted molar refractivity (Wildman–Crippen MR) is 110 cm³/mol. The van der Waals surface area contributed by atoms with Gasteiger partial charge in [0, 0.05) is 41.9 Å². The first-order valence-corrected chi connectivity index (χ1v) is 9.39. The van der Waals surface area contributed by atoms with Crippen LogP contribution in [-0.4, -0.2) is 63.7 Å². The molecule has 1 aromatic carbocycles. The first-order valence-electron chi connectivity index (χ1n) is 9.39.